The third-order valence-corrected chi connectivity index (χ3v) is 6.68. The number of amides is 1. The standard InChI is InChI=1S/C26H24FN5O3S/c27-23-3-1-4-24(15-23)36(34,35)32-18-21-7-5-19(6-8-21)16-30-25(33)22-11-9-20(10-12-22)17-31-26-28-13-2-14-29-26/h1-15,32H,16-18H2,(H,30,33)(H,28,29,31). The average molecular weight is 506 g/mol. The van der Waals surface area contributed by atoms with Gasteiger partial charge in [0.25, 0.3) is 5.91 Å². The molecule has 184 valence electrons. The fraction of sp³-hybridized carbons (Fsp3) is 0.115. The SMILES string of the molecule is O=C(NCc1ccc(CNS(=O)(=O)c2cccc(F)c2)cc1)c1ccc(CNc2ncccn2)cc1. The first kappa shape index (κ1) is 25.0. The molecule has 0 aliphatic heterocycles. The first-order valence-electron chi connectivity index (χ1n) is 11.1. The Labute approximate surface area is 208 Å². The highest BCUT2D eigenvalue weighted by molar-refractivity contribution is 7.89. The van der Waals surface area contributed by atoms with Gasteiger partial charge < -0.3 is 10.6 Å². The van der Waals surface area contributed by atoms with Crippen molar-refractivity contribution in [2.45, 2.75) is 24.5 Å². The van der Waals surface area contributed by atoms with Crippen LogP contribution in [-0.2, 0) is 29.7 Å². The topological polar surface area (TPSA) is 113 Å². The second-order valence-corrected chi connectivity index (χ2v) is 9.67. The van der Waals surface area contributed by atoms with Gasteiger partial charge in [-0.15, -0.1) is 0 Å². The van der Waals surface area contributed by atoms with E-state index in [1.165, 1.54) is 18.2 Å². The lowest BCUT2D eigenvalue weighted by Gasteiger charge is -2.09. The summed E-state index contributed by atoms with van der Waals surface area (Å²) < 4.78 is 40.4. The number of halogens is 1. The molecule has 0 spiro atoms. The van der Waals surface area contributed by atoms with Crippen LogP contribution in [0.1, 0.15) is 27.0 Å². The number of rotatable bonds is 10. The molecule has 0 atom stereocenters. The predicted molar refractivity (Wildman–Crippen MR) is 134 cm³/mol. The van der Waals surface area contributed by atoms with E-state index in [4.69, 9.17) is 0 Å². The van der Waals surface area contributed by atoms with Crippen LogP contribution in [0, 0.1) is 5.82 Å². The molecular formula is C26H24FN5O3S. The summed E-state index contributed by atoms with van der Waals surface area (Å²) in [5, 5.41) is 5.99. The zero-order chi connectivity index (χ0) is 25.4. The monoisotopic (exact) mass is 505 g/mol. The van der Waals surface area contributed by atoms with E-state index in [-0.39, 0.29) is 17.3 Å². The molecule has 0 bridgehead atoms. The fourth-order valence-electron chi connectivity index (χ4n) is 3.30. The summed E-state index contributed by atoms with van der Waals surface area (Å²) >= 11 is 0. The van der Waals surface area contributed by atoms with Gasteiger partial charge >= 0.3 is 0 Å². The van der Waals surface area contributed by atoms with Crippen molar-refractivity contribution in [2.24, 2.45) is 0 Å². The molecule has 0 unspecified atom stereocenters. The molecule has 0 aliphatic carbocycles. The normalized spacial score (nSPS) is 11.1. The van der Waals surface area contributed by atoms with Crippen LogP contribution in [0.25, 0.3) is 0 Å². The van der Waals surface area contributed by atoms with E-state index >= 15 is 0 Å². The first-order chi connectivity index (χ1) is 17.4. The first-order valence-corrected chi connectivity index (χ1v) is 12.6. The number of nitrogens with zero attached hydrogens (tertiary/aromatic N) is 2. The molecule has 4 aromatic rings. The van der Waals surface area contributed by atoms with Gasteiger partial charge in [0.15, 0.2) is 0 Å². The van der Waals surface area contributed by atoms with Gasteiger partial charge in [0.2, 0.25) is 16.0 Å². The summed E-state index contributed by atoms with van der Waals surface area (Å²) in [4.78, 5) is 20.6. The minimum absolute atomic E-state index is 0.0586. The molecule has 3 N–H and O–H groups in total. The van der Waals surface area contributed by atoms with E-state index in [1.807, 2.05) is 24.3 Å². The van der Waals surface area contributed by atoms with Gasteiger partial charge in [0, 0.05) is 37.6 Å². The van der Waals surface area contributed by atoms with Gasteiger partial charge in [-0.1, -0.05) is 42.5 Å². The van der Waals surface area contributed by atoms with Crippen molar-refractivity contribution in [1.29, 1.82) is 0 Å². The van der Waals surface area contributed by atoms with Gasteiger partial charge in [-0.2, -0.15) is 0 Å². The van der Waals surface area contributed by atoms with E-state index in [2.05, 4.69) is 25.3 Å². The highest BCUT2D eigenvalue weighted by Gasteiger charge is 2.14. The minimum atomic E-state index is -3.82. The van der Waals surface area contributed by atoms with Crippen molar-refractivity contribution in [3.63, 3.8) is 0 Å². The number of sulfonamides is 1. The summed E-state index contributed by atoms with van der Waals surface area (Å²) in [6.45, 7) is 0.919. The lowest BCUT2D eigenvalue weighted by atomic mass is 10.1. The van der Waals surface area contributed by atoms with Crippen molar-refractivity contribution in [2.75, 3.05) is 5.32 Å². The highest BCUT2D eigenvalue weighted by atomic mass is 32.2. The van der Waals surface area contributed by atoms with E-state index in [0.29, 0.717) is 24.6 Å². The molecule has 3 aromatic carbocycles. The summed E-state index contributed by atoms with van der Waals surface area (Å²) in [7, 11) is -3.82. The summed E-state index contributed by atoms with van der Waals surface area (Å²) in [5.41, 5.74) is 3.12. The summed E-state index contributed by atoms with van der Waals surface area (Å²) in [6.07, 6.45) is 3.32. The largest absolute Gasteiger partial charge is 0.350 e. The molecule has 0 aliphatic rings. The Kier molecular flexibility index (Phi) is 7.99. The molecule has 1 aromatic heterocycles. The molecule has 1 heterocycles. The Bertz CT molecular complexity index is 1410. The van der Waals surface area contributed by atoms with Crippen molar-refractivity contribution in [3.05, 3.63) is 119 Å². The fourth-order valence-corrected chi connectivity index (χ4v) is 4.35. The molecule has 1 amide bonds. The van der Waals surface area contributed by atoms with Crippen LogP contribution in [0.3, 0.4) is 0 Å². The summed E-state index contributed by atoms with van der Waals surface area (Å²) in [5.74, 6) is -0.280. The van der Waals surface area contributed by atoms with Crippen LogP contribution in [-0.4, -0.2) is 24.3 Å². The van der Waals surface area contributed by atoms with Crippen LogP contribution < -0.4 is 15.4 Å². The molecule has 0 radical (unpaired) electrons. The minimum Gasteiger partial charge on any atom is -0.350 e. The number of hydrogen-bond donors (Lipinski definition) is 3. The number of carbonyl (C=O) groups excluding carboxylic acids is 1. The van der Waals surface area contributed by atoms with E-state index in [1.54, 1.807) is 42.7 Å². The van der Waals surface area contributed by atoms with E-state index in [9.17, 15) is 17.6 Å². The molecule has 8 nitrogen and oxygen atoms in total. The van der Waals surface area contributed by atoms with Crippen LogP contribution >= 0.6 is 0 Å². The number of aromatic nitrogens is 2. The van der Waals surface area contributed by atoms with Crippen LogP contribution in [0.2, 0.25) is 0 Å². The van der Waals surface area contributed by atoms with Gasteiger partial charge in [-0.3, -0.25) is 4.79 Å². The Hall–Kier alpha value is -4.15. The Balaban J connectivity index is 1.25. The molecule has 36 heavy (non-hydrogen) atoms. The van der Waals surface area contributed by atoms with Crippen molar-refractivity contribution >= 4 is 21.9 Å². The van der Waals surface area contributed by atoms with E-state index < -0.39 is 15.8 Å². The zero-order valence-corrected chi connectivity index (χ0v) is 20.0. The van der Waals surface area contributed by atoms with Crippen LogP contribution in [0.5, 0.6) is 0 Å². The predicted octanol–water partition coefficient (Wildman–Crippen LogP) is 3.64. The highest BCUT2D eigenvalue weighted by Crippen LogP contribution is 2.12. The van der Waals surface area contributed by atoms with Gasteiger partial charge in [0.1, 0.15) is 5.82 Å². The Morgan fingerprint density at radius 3 is 2.06 bits per heavy atom. The third-order valence-electron chi connectivity index (χ3n) is 5.28. The zero-order valence-electron chi connectivity index (χ0n) is 19.2. The molecule has 0 fully saturated rings. The second kappa shape index (κ2) is 11.5. The number of nitrogens with one attached hydrogen (secondary N) is 3. The smallest absolute Gasteiger partial charge is 0.251 e. The lowest BCUT2D eigenvalue weighted by molar-refractivity contribution is 0.0951. The van der Waals surface area contributed by atoms with Gasteiger partial charge in [-0.05, 0) is 53.1 Å². The maximum absolute atomic E-state index is 13.3. The number of hydrogen-bond acceptors (Lipinski definition) is 6. The van der Waals surface area contributed by atoms with Crippen molar-refractivity contribution < 1.29 is 17.6 Å². The van der Waals surface area contributed by atoms with Gasteiger partial charge in [-0.25, -0.2) is 27.5 Å². The summed E-state index contributed by atoms with van der Waals surface area (Å²) in [6, 6.07) is 21.0. The Morgan fingerprint density at radius 1 is 0.778 bits per heavy atom. The molecule has 0 saturated carbocycles. The van der Waals surface area contributed by atoms with Crippen LogP contribution in [0.4, 0.5) is 10.3 Å². The lowest BCUT2D eigenvalue weighted by Crippen LogP contribution is -2.24. The number of anilines is 1. The Morgan fingerprint density at radius 2 is 1.39 bits per heavy atom. The van der Waals surface area contributed by atoms with Gasteiger partial charge in [0.05, 0.1) is 4.90 Å². The maximum Gasteiger partial charge on any atom is 0.251 e. The molecule has 10 heteroatoms. The molecular weight excluding hydrogens is 481 g/mol. The number of carbonyl (C=O) groups is 1. The van der Waals surface area contributed by atoms with Crippen molar-refractivity contribution in [3.8, 4) is 0 Å². The molecule has 4 rings (SSSR count). The maximum atomic E-state index is 13.3. The molecule has 0 saturated heterocycles. The third kappa shape index (κ3) is 6.94. The van der Waals surface area contributed by atoms with Crippen LogP contribution in [0.15, 0.2) is 96.2 Å². The quantitative estimate of drug-likeness (QED) is 0.303. The second-order valence-electron chi connectivity index (χ2n) is 7.90. The van der Waals surface area contributed by atoms with E-state index in [0.717, 1.165) is 22.8 Å². The van der Waals surface area contributed by atoms with Crippen molar-refractivity contribution in [1.82, 2.24) is 20.0 Å². The average Bonchev–Trinajstić information content (AvgIpc) is 2.91. The number of benzene rings is 3.